The van der Waals surface area contributed by atoms with Crippen LogP contribution in [0, 0.1) is 0 Å². The van der Waals surface area contributed by atoms with E-state index in [0.717, 1.165) is 25.9 Å². The van der Waals surface area contributed by atoms with Crippen LogP contribution in [0.25, 0.3) is 11.1 Å². The van der Waals surface area contributed by atoms with E-state index < -0.39 is 9.84 Å². The molecule has 2 aromatic rings. The van der Waals surface area contributed by atoms with Crippen LogP contribution in [0.1, 0.15) is 19.8 Å². The molecule has 1 aliphatic heterocycles. The van der Waals surface area contributed by atoms with Crippen LogP contribution in [0.3, 0.4) is 0 Å². The zero-order valence-corrected chi connectivity index (χ0v) is 14.5. The first-order chi connectivity index (χ1) is 11.0. The standard InChI is InChI=1S/C15H18N2O4S2/c1-2-23(19,20)11-5-6-13-12(9-11)16-15(21-13)22-10-14(18)17-7-3-4-8-17/h5-6,9H,2-4,7-8,10H2,1H3. The maximum atomic E-state index is 12.0. The highest BCUT2D eigenvalue weighted by Gasteiger charge is 2.19. The molecule has 0 atom stereocenters. The van der Waals surface area contributed by atoms with Crippen molar-refractivity contribution in [3.8, 4) is 0 Å². The van der Waals surface area contributed by atoms with Crippen molar-refractivity contribution >= 4 is 38.6 Å². The topological polar surface area (TPSA) is 80.5 Å². The van der Waals surface area contributed by atoms with E-state index in [9.17, 15) is 13.2 Å². The van der Waals surface area contributed by atoms with Gasteiger partial charge in [0.05, 0.1) is 16.4 Å². The monoisotopic (exact) mass is 354 g/mol. The first-order valence-electron chi connectivity index (χ1n) is 7.53. The molecule has 0 radical (unpaired) electrons. The lowest BCUT2D eigenvalue weighted by atomic mass is 10.3. The molecule has 8 heteroatoms. The van der Waals surface area contributed by atoms with Crippen molar-refractivity contribution in [1.82, 2.24) is 9.88 Å². The van der Waals surface area contributed by atoms with Gasteiger partial charge in [-0.2, -0.15) is 0 Å². The number of carbonyl (C=O) groups excluding carboxylic acids is 1. The van der Waals surface area contributed by atoms with E-state index in [1.807, 2.05) is 4.90 Å². The Hall–Kier alpha value is -1.54. The lowest BCUT2D eigenvalue weighted by molar-refractivity contribution is -0.127. The van der Waals surface area contributed by atoms with E-state index in [1.54, 1.807) is 13.0 Å². The van der Waals surface area contributed by atoms with Crippen LogP contribution < -0.4 is 0 Å². The van der Waals surface area contributed by atoms with E-state index in [2.05, 4.69) is 4.98 Å². The van der Waals surface area contributed by atoms with Gasteiger partial charge in [0.25, 0.3) is 5.22 Å². The number of benzene rings is 1. The summed E-state index contributed by atoms with van der Waals surface area (Å²) in [4.78, 5) is 18.4. The van der Waals surface area contributed by atoms with Gasteiger partial charge in [-0.25, -0.2) is 13.4 Å². The number of hydrogen-bond acceptors (Lipinski definition) is 6. The Morgan fingerprint density at radius 1 is 1.35 bits per heavy atom. The SMILES string of the molecule is CCS(=O)(=O)c1ccc2oc(SCC(=O)N3CCCC3)nc2c1. The van der Waals surface area contributed by atoms with Crippen molar-refractivity contribution in [1.29, 1.82) is 0 Å². The van der Waals surface area contributed by atoms with Crippen molar-refractivity contribution < 1.29 is 17.6 Å². The summed E-state index contributed by atoms with van der Waals surface area (Å²) in [5, 5.41) is 0.388. The third-order valence-corrected chi connectivity index (χ3v) is 6.40. The summed E-state index contributed by atoms with van der Waals surface area (Å²) in [6, 6.07) is 4.65. The molecule has 0 spiro atoms. The van der Waals surface area contributed by atoms with E-state index in [4.69, 9.17) is 4.42 Å². The number of oxazole rings is 1. The van der Waals surface area contributed by atoms with Crippen LogP contribution in [0.5, 0.6) is 0 Å². The number of hydrogen-bond donors (Lipinski definition) is 0. The highest BCUT2D eigenvalue weighted by atomic mass is 32.2. The number of fused-ring (bicyclic) bond motifs is 1. The van der Waals surface area contributed by atoms with Crippen molar-refractivity contribution in [3.05, 3.63) is 18.2 Å². The average molecular weight is 354 g/mol. The van der Waals surface area contributed by atoms with E-state index in [-0.39, 0.29) is 22.3 Å². The van der Waals surface area contributed by atoms with Crippen molar-refractivity contribution in [2.45, 2.75) is 29.9 Å². The Balaban J connectivity index is 1.74. The molecule has 1 aliphatic rings. The Labute approximate surface area is 139 Å². The summed E-state index contributed by atoms with van der Waals surface area (Å²) in [6.07, 6.45) is 2.13. The van der Waals surface area contributed by atoms with Gasteiger partial charge in [-0.15, -0.1) is 0 Å². The fourth-order valence-electron chi connectivity index (χ4n) is 2.49. The summed E-state index contributed by atoms with van der Waals surface area (Å²) < 4.78 is 29.4. The molecule has 0 unspecified atom stereocenters. The zero-order valence-electron chi connectivity index (χ0n) is 12.8. The molecule has 23 heavy (non-hydrogen) atoms. The van der Waals surface area contributed by atoms with Gasteiger partial charge in [0.1, 0.15) is 5.52 Å². The van der Waals surface area contributed by atoms with Crippen LogP contribution >= 0.6 is 11.8 Å². The molecule has 1 aromatic heterocycles. The highest BCUT2D eigenvalue weighted by molar-refractivity contribution is 7.99. The Kier molecular flexibility index (Phi) is 4.63. The Bertz CT molecular complexity index is 823. The van der Waals surface area contributed by atoms with Gasteiger partial charge in [-0.1, -0.05) is 18.7 Å². The molecule has 0 bridgehead atoms. The summed E-state index contributed by atoms with van der Waals surface area (Å²) in [7, 11) is -3.27. The second kappa shape index (κ2) is 6.52. The minimum atomic E-state index is -3.27. The van der Waals surface area contributed by atoms with Crippen molar-refractivity contribution in [2.75, 3.05) is 24.6 Å². The van der Waals surface area contributed by atoms with Crippen LogP contribution in [-0.4, -0.2) is 48.8 Å². The fraction of sp³-hybridized carbons (Fsp3) is 0.467. The third-order valence-electron chi connectivity index (χ3n) is 3.86. The Morgan fingerprint density at radius 3 is 2.78 bits per heavy atom. The van der Waals surface area contributed by atoms with Gasteiger partial charge in [0.15, 0.2) is 15.4 Å². The van der Waals surface area contributed by atoms with E-state index in [0.29, 0.717) is 16.3 Å². The van der Waals surface area contributed by atoms with Crippen molar-refractivity contribution in [3.63, 3.8) is 0 Å². The number of sulfone groups is 1. The molecule has 2 heterocycles. The largest absolute Gasteiger partial charge is 0.431 e. The quantitative estimate of drug-likeness (QED) is 0.767. The van der Waals surface area contributed by atoms with Gasteiger partial charge < -0.3 is 9.32 Å². The fourth-order valence-corrected chi connectivity index (χ4v) is 4.13. The number of aromatic nitrogens is 1. The molecule has 1 fully saturated rings. The molecule has 1 amide bonds. The predicted molar refractivity (Wildman–Crippen MR) is 88.3 cm³/mol. The molecular formula is C15H18N2O4S2. The van der Waals surface area contributed by atoms with Crippen LogP contribution in [0.4, 0.5) is 0 Å². The molecular weight excluding hydrogens is 336 g/mol. The summed E-state index contributed by atoms with van der Waals surface area (Å²) in [5.74, 6) is 0.416. The van der Waals surface area contributed by atoms with Crippen LogP contribution in [0.15, 0.2) is 32.7 Å². The van der Waals surface area contributed by atoms with Crippen LogP contribution in [-0.2, 0) is 14.6 Å². The first kappa shape index (κ1) is 16.3. The maximum absolute atomic E-state index is 12.0. The van der Waals surface area contributed by atoms with Gasteiger partial charge >= 0.3 is 0 Å². The second-order valence-corrected chi connectivity index (χ2v) is 8.59. The minimum Gasteiger partial charge on any atom is -0.431 e. The van der Waals surface area contributed by atoms with Gasteiger partial charge in [0, 0.05) is 13.1 Å². The molecule has 1 aromatic carbocycles. The molecule has 0 aliphatic carbocycles. The number of rotatable bonds is 5. The highest BCUT2D eigenvalue weighted by Crippen LogP contribution is 2.26. The number of nitrogens with zero attached hydrogens (tertiary/aromatic N) is 2. The number of likely N-dealkylation sites (tertiary alicyclic amines) is 1. The van der Waals surface area contributed by atoms with Crippen LogP contribution in [0.2, 0.25) is 0 Å². The first-order valence-corrected chi connectivity index (χ1v) is 10.2. The second-order valence-electron chi connectivity index (χ2n) is 5.39. The molecule has 3 rings (SSSR count). The van der Waals surface area contributed by atoms with Gasteiger partial charge in [-0.3, -0.25) is 4.79 Å². The average Bonchev–Trinajstić information content (AvgIpc) is 3.20. The molecule has 0 N–H and O–H groups in total. The molecule has 124 valence electrons. The van der Waals surface area contributed by atoms with E-state index >= 15 is 0 Å². The van der Waals surface area contributed by atoms with Gasteiger partial charge in [0.2, 0.25) is 5.91 Å². The minimum absolute atomic E-state index is 0.0440. The van der Waals surface area contributed by atoms with Crippen molar-refractivity contribution in [2.24, 2.45) is 0 Å². The normalized spacial score (nSPS) is 15.4. The molecule has 6 nitrogen and oxygen atoms in total. The third kappa shape index (κ3) is 3.53. The van der Waals surface area contributed by atoms with E-state index in [1.165, 1.54) is 23.9 Å². The lowest BCUT2D eigenvalue weighted by Gasteiger charge is -2.13. The summed E-state index contributed by atoms with van der Waals surface area (Å²) in [6.45, 7) is 3.25. The zero-order chi connectivity index (χ0) is 16.4. The summed E-state index contributed by atoms with van der Waals surface area (Å²) in [5.41, 5.74) is 1.02. The maximum Gasteiger partial charge on any atom is 0.257 e. The number of thioether (sulfide) groups is 1. The summed E-state index contributed by atoms with van der Waals surface area (Å²) >= 11 is 1.24. The molecule has 0 saturated carbocycles. The smallest absolute Gasteiger partial charge is 0.257 e. The predicted octanol–water partition coefficient (Wildman–Crippen LogP) is 2.34. The Morgan fingerprint density at radius 2 is 2.09 bits per heavy atom. The lowest BCUT2D eigenvalue weighted by Crippen LogP contribution is -2.29. The number of carbonyl (C=O) groups is 1. The van der Waals surface area contributed by atoms with Gasteiger partial charge in [-0.05, 0) is 31.0 Å². The molecule has 1 saturated heterocycles. The number of amides is 1.